The van der Waals surface area contributed by atoms with Crippen LogP contribution in [0.2, 0.25) is 0 Å². The molecule has 0 atom stereocenters. The highest BCUT2D eigenvalue weighted by Crippen LogP contribution is 2.36. The Kier molecular flexibility index (Phi) is 6.99. The standard InChI is InChI=1S/C31H30N2O3/c34-29(32-22-26-14-9-13-25-12-7-8-17-28(25)26)31(27-15-5-2-6-16-27)18-20-33(21-19-31)30(35)36-23-24-10-3-1-4-11-24/h1-17H,18-23H2,(H,32,34). The van der Waals surface area contributed by atoms with Crippen molar-refractivity contribution in [2.45, 2.75) is 31.4 Å². The molecule has 1 N–H and O–H groups in total. The van der Waals surface area contributed by atoms with Crippen molar-refractivity contribution in [3.8, 4) is 0 Å². The number of ether oxygens (including phenoxy) is 1. The summed E-state index contributed by atoms with van der Waals surface area (Å²) in [5.74, 6) is -0.000984. The molecule has 5 nitrogen and oxygen atoms in total. The van der Waals surface area contributed by atoms with E-state index < -0.39 is 5.41 Å². The van der Waals surface area contributed by atoms with E-state index >= 15 is 0 Å². The highest BCUT2D eigenvalue weighted by Gasteiger charge is 2.43. The number of fused-ring (bicyclic) bond motifs is 1. The van der Waals surface area contributed by atoms with Gasteiger partial charge in [-0.3, -0.25) is 4.79 Å². The van der Waals surface area contributed by atoms with E-state index in [1.54, 1.807) is 4.90 Å². The monoisotopic (exact) mass is 478 g/mol. The molecule has 0 spiro atoms. The molecule has 5 rings (SSSR count). The summed E-state index contributed by atoms with van der Waals surface area (Å²) in [4.78, 5) is 28.2. The predicted octanol–water partition coefficient (Wildman–Crippen LogP) is 5.83. The number of hydrogen-bond acceptors (Lipinski definition) is 3. The normalized spacial score (nSPS) is 14.8. The Morgan fingerprint density at radius 3 is 2.17 bits per heavy atom. The molecule has 2 amide bonds. The largest absolute Gasteiger partial charge is 0.445 e. The predicted molar refractivity (Wildman–Crippen MR) is 141 cm³/mol. The molecule has 5 heteroatoms. The number of hydrogen-bond donors (Lipinski definition) is 1. The maximum absolute atomic E-state index is 13.8. The number of carbonyl (C=O) groups is 2. The third kappa shape index (κ3) is 4.96. The summed E-state index contributed by atoms with van der Waals surface area (Å²) < 4.78 is 5.53. The van der Waals surface area contributed by atoms with Gasteiger partial charge in [-0.15, -0.1) is 0 Å². The van der Waals surface area contributed by atoms with Crippen LogP contribution >= 0.6 is 0 Å². The first-order valence-corrected chi connectivity index (χ1v) is 12.4. The lowest BCUT2D eigenvalue weighted by Gasteiger charge is -2.40. The molecule has 0 aromatic heterocycles. The Balaban J connectivity index is 1.29. The minimum absolute atomic E-state index is 0.000984. The maximum Gasteiger partial charge on any atom is 0.410 e. The molecular weight excluding hydrogens is 448 g/mol. The Labute approximate surface area is 211 Å². The van der Waals surface area contributed by atoms with E-state index in [9.17, 15) is 9.59 Å². The fraction of sp³-hybridized carbons (Fsp3) is 0.226. The number of nitrogens with zero attached hydrogens (tertiary/aromatic N) is 1. The quantitative estimate of drug-likeness (QED) is 0.380. The van der Waals surface area contributed by atoms with Gasteiger partial charge in [0.2, 0.25) is 5.91 Å². The van der Waals surface area contributed by atoms with Gasteiger partial charge in [0.1, 0.15) is 6.61 Å². The number of benzene rings is 4. The lowest BCUT2D eigenvalue weighted by Crippen LogP contribution is -2.52. The molecule has 1 aliphatic heterocycles. The minimum atomic E-state index is -0.692. The molecule has 0 aliphatic carbocycles. The van der Waals surface area contributed by atoms with E-state index in [0.717, 1.165) is 27.5 Å². The van der Waals surface area contributed by atoms with Crippen LogP contribution in [0.15, 0.2) is 103 Å². The third-order valence-electron chi connectivity index (χ3n) is 7.16. The van der Waals surface area contributed by atoms with Crippen molar-refractivity contribution in [1.82, 2.24) is 10.2 Å². The smallest absolute Gasteiger partial charge is 0.410 e. The zero-order valence-electron chi connectivity index (χ0n) is 20.2. The molecule has 1 fully saturated rings. The second-order valence-corrected chi connectivity index (χ2v) is 9.30. The van der Waals surface area contributed by atoms with Crippen molar-refractivity contribution in [3.63, 3.8) is 0 Å². The van der Waals surface area contributed by atoms with Gasteiger partial charge in [-0.25, -0.2) is 4.79 Å². The van der Waals surface area contributed by atoms with Crippen LogP contribution in [0.4, 0.5) is 4.79 Å². The summed E-state index contributed by atoms with van der Waals surface area (Å²) in [5, 5.41) is 5.52. The van der Waals surface area contributed by atoms with Crippen molar-refractivity contribution >= 4 is 22.8 Å². The van der Waals surface area contributed by atoms with Crippen LogP contribution in [0.1, 0.15) is 29.5 Å². The second-order valence-electron chi connectivity index (χ2n) is 9.30. The van der Waals surface area contributed by atoms with Gasteiger partial charge in [0.25, 0.3) is 0 Å². The van der Waals surface area contributed by atoms with E-state index in [1.807, 2.05) is 78.9 Å². The Morgan fingerprint density at radius 2 is 1.42 bits per heavy atom. The van der Waals surface area contributed by atoms with Gasteiger partial charge in [0, 0.05) is 19.6 Å². The van der Waals surface area contributed by atoms with Crippen molar-refractivity contribution in [3.05, 3.63) is 120 Å². The van der Waals surface area contributed by atoms with Crippen LogP contribution in [0, 0.1) is 0 Å². The average Bonchev–Trinajstić information content (AvgIpc) is 2.95. The van der Waals surface area contributed by atoms with Gasteiger partial charge in [-0.05, 0) is 40.3 Å². The highest BCUT2D eigenvalue weighted by atomic mass is 16.6. The van der Waals surface area contributed by atoms with Crippen molar-refractivity contribution < 1.29 is 14.3 Å². The van der Waals surface area contributed by atoms with Gasteiger partial charge < -0.3 is 15.0 Å². The maximum atomic E-state index is 13.8. The molecule has 1 heterocycles. The Morgan fingerprint density at radius 1 is 0.778 bits per heavy atom. The topological polar surface area (TPSA) is 58.6 Å². The fourth-order valence-corrected chi connectivity index (χ4v) is 5.08. The van der Waals surface area contributed by atoms with E-state index in [1.165, 1.54) is 0 Å². The minimum Gasteiger partial charge on any atom is -0.445 e. The SMILES string of the molecule is O=C(OCc1ccccc1)N1CCC(C(=O)NCc2cccc3ccccc23)(c2ccccc2)CC1. The third-order valence-corrected chi connectivity index (χ3v) is 7.16. The van der Waals surface area contributed by atoms with Crippen LogP contribution in [-0.4, -0.2) is 30.0 Å². The summed E-state index contributed by atoms with van der Waals surface area (Å²) in [5.41, 5.74) is 2.33. The van der Waals surface area contributed by atoms with Crippen LogP contribution < -0.4 is 5.32 Å². The van der Waals surface area contributed by atoms with Gasteiger partial charge in [0.05, 0.1) is 5.41 Å². The molecule has 0 bridgehead atoms. The lowest BCUT2D eigenvalue weighted by molar-refractivity contribution is -0.128. The van der Waals surface area contributed by atoms with Crippen molar-refractivity contribution in [2.24, 2.45) is 0 Å². The lowest BCUT2D eigenvalue weighted by atomic mass is 9.72. The zero-order valence-corrected chi connectivity index (χ0v) is 20.2. The molecule has 0 radical (unpaired) electrons. The first-order valence-electron chi connectivity index (χ1n) is 12.4. The molecular formula is C31H30N2O3. The number of carbonyl (C=O) groups excluding carboxylic acids is 2. The number of rotatable bonds is 6. The molecule has 0 unspecified atom stereocenters. The number of piperidine rings is 1. The first-order chi connectivity index (χ1) is 17.7. The number of nitrogens with one attached hydrogen (secondary N) is 1. The van der Waals surface area contributed by atoms with Crippen LogP contribution in [0.5, 0.6) is 0 Å². The van der Waals surface area contributed by atoms with Crippen molar-refractivity contribution in [1.29, 1.82) is 0 Å². The fourth-order valence-electron chi connectivity index (χ4n) is 5.08. The van der Waals surface area contributed by atoms with E-state index in [2.05, 4.69) is 29.6 Å². The van der Waals surface area contributed by atoms with Gasteiger partial charge >= 0.3 is 6.09 Å². The molecule has 1 saturated heterocycles. The van der Waals surface area contributed by atoms with E-state index in [0.29, 0.717) is 32.5 Å². The summed E-state index contributed by atoms with van der Waals surface area (Å²) >= 11 is 0. The summed E-state index contributed by atoms with van der Waals surface area (Å²) in [6.45, 7) is 1.62. The first kappa shape index (κ1) is 23.6. The summed E-state index contributed by atoms with van der Waals surface area (Å²) in [6, 6.07) is 34.0. The number of amides is 2. The Hall–Kier alpha value is -4.12. The second kappa shape index (κ2) is 10.6. The molecule has 36 heavy (non-hydrogen) atoms. The average molecular weight is 479 g/mol. The molecule has 0 saturated carbocycles. The van der Waals surface area contributed by atoms with Crippen LogP contribution in [0.25, 0.3) is 10.8 Å². The summed E-state index contributed by atoms with van der Waals surface area (Å²) in [6.07, 6.45) is 0.745. The van der Waals surface area contributed by atoms with E-state index in [4.69, 9.17) is 4.74 Å². The van der Waals surface area contributed by atoms with Crippen molar-refractivity contribution in [2.75, 3.05) is 13.1 Å². The number of likely N-dealkylation sites (tertiary alicyclic amines) is 1. The molecule has 4 aromatic carbocycles. The highest BCUT2D eigenvalue weighted by molar-refractivity contribution is 5.90. The zero-order chi connectivity index (χ0) is 24.8. The summed E-state index contributed by atoms with van der Waals surface area (Å²) in [7, 11) is 0. The molecule has 182 valence electrons. The van der Waals surface area contributed by atoms with Crippen LogP contribution in [0.3, 0.4) is 0 Å². The molecule has 4 aromatic rings. The van der Waals surface area contributed by atoms with Crippen LogP contribution in [-0.2, 0) is 28.1 Å². The van der Waals surface area contributed by atoms with Gasteiger partial charge in [-0.2, -0.15) is 0 Å². The van der Waals surface area contributed by atoms with Gasteiger partial charge in [0.15, 0.2) is 0 Å². The van der Waals surface area contributed by atoms with E-state index in [-0.39, 0.29) is 18.6 Å². The Bertz CT molecular complexity index is 1320. The molecule has 1 aliphatic rings. The van der Waals surface area contributed by atoms with Gasteiger partial charge in [-0.1, -0.05) is 103 Å².